The molecule has 22 heavy (non-hydrogen) atoms. The van der Waals surface area contributed by atoms with Crippen molar-refractivity contribution < 1.29 is 8.42 Å². The standard InChI is InChI=1S/C15H18N4O2S/c16-22(20,21)15-3-1-13(2-4-15)18-9-11-19(12-10-18)14-5-7-17-8-6-14/h1-8H,9-12H2,(H2,16,20,21). The molecule has 0 atom stereocenters. The van der Waals surface area contributed by atoms with Crippen LogP contribution in [0.15, 0.2) is 53.7 Å². The smallest absolute Gasteiger partial charge is 0.238 e. The van der Waals surface area contributed by atoms with Crippen molar-refractivity contribution in [2.45, 2.75) is 4.90 Å². The van der Waals surface area contributed by atoms with Crippen LogP contribution in [0.2, 0.25) is 0 Å². The molecule has 1 aromatic heterocycles. The van der Waals surface area contributed by atoms with Gasteiger partial charge in [-0.05, 0) is 36.4 Å². The highest BCUT2D eigenvalue weighted by Crippen LogP contribution is 2.21. The molecule has 6 nitrogen and oxygen atoms in total. The van der Waals surface area contributed by atoms with Gasteiger partial charge in [0.15, 0.2) is 0 Å². The highest BCUT2D eigenvalue weighted by molar-refractivity contribution is 7.89. The topological polar surface area (TPSA) is 79.5 Å². The third kappa shape index (κ3) is 3.20. The third-order valence-corrected chi connectivity index (χ3v) is 4.77. The maximum absolute atomic E-state index is 11.3. The zero-order valence-corrected chi connectivity index (χ0v) is 12.9. The number of primary sulfonamides is 1. The van der Waals surface area contributed by atoms with Gasteiger partial charge in [0.2, 0.25) is 10.0 Å². The van der Waals surface area contributed by atoms with Crippen LogP contribution >= 0.6 is 0 Å². The van der Waals surface area contributed by atoms with Gasteiger partial charge in [-0.2, -0.15) is 0 Å². The average Bonchev–Trinajstić information content (AvgIpc) is 2.55. The first-order chi connectivity index (χ1) is 10.5. The molecule has 0 bridgehead atoms. The second-order valence-corrected chi connectivity index (χ2v) is 6.78. The Balaban J connectivity index is 1.66. The summed E-state index contributed by atoms with van der Waals surface area (Å²) in [5.74, 6) is 0. The van der Waals surface area contributed by atoms with Gasteiger partial charge in [0.1, 0.15) is 0 Å². The summed E-state index contributed by atoms with van der Waals surface area (Å²) in [6.07, 6.45) is 3.60. The number of sulfonamides is 1. The average molecular weight is 318 g/mol. The summed E-state index contributed by atoms with van der Waals surface area (Å²) in [4.78, 5) is 8.74. The first-order valence-corrected chi connectivity index (χ1v) is 8.61. The van der Waals surface area contributed by atoms with E-state index in [4.69, 9.17) is 5.14 Å². The molecule has 1 saturated heterocycles. The zero-order valence-electron chi connectivity index (χ0n) is 12.1. The van der Waals surface area contributed by atoms with E-state index in [1.165, 1.54) is 5.69 Å². The first-order valence-electron chi connectivity index (χ1n) is 7.07. The maximum atomic E-state index is 11.3. The summed E-state index contributed by atoms with van der Waals surface area (Å²) in [5.41, 5.74) is 2.20. The Morgan fingerprint density at radius 3 is 1.73 bits per heavy atom. The van der Waals surface area contributed by atoms with Crippen LogP contribution in [-0.2, 0) is 10.0 Å². The molecule has 1 aliphatic heterocycles. The lowest BCUT2D eigenvalue weighted by Gasteiger charge is -2.37. The number of hydrogen-bond donors (Lipinski definition) is 1. The van der Waals surface area contributed by atoms with E-state index in [1.54, 1.807) is 24.5 Å². The van der Waals surface area contributed by atoms with E-state index in [1.807, 2.05) is 24.3 Å². The fraction of sp³-hybridized carbons (Fsp3) is 0.267. The van der Waals surface area contributed by atoms with Crippen LogP contribution in [0.4, 0.5) is 11.4 Å². The highest BCUT2D eigenvalue weighted by Gasteiger charge is 2.18. The van der Waals surface area contributed by atoms with Crippen molar-refractivity contribution in [1.82, 2.24) is 4.98 Å². The molecular formula is C15H18N4O2S. The SMILES string of the molecule is NS(=O)(=O)c1ccc(N2CCN(c3ccncc3)CC2)cc1. The molecule has 1 aromatic carbocycles. The van der Waals surface area contributed by atoms with Crippen LogP contribution in [0, 0.1) is 0 Å². The van der Waals surface area contributed by atoms with Crippen molar-refractivity contribution in [2.75, 3.05) is 36.0 Å². The number of aromatic nitrogens is 1. The van der Waals surface area contributed by atoms with Crippen molar-refractivity contribution in [3.63, 3.8) is 0 Å². The predicted octanol–water partition coefficient (Wildman–Crippen LogP) is 1.06. The Hall–Kier alpha value is -2.12. The fourth-order valence-electron chi connectivity index (χ4n) is 2.62. The molecule has 2 N–H and O–H groups in total. The van der Waals surface area contributed by atoms with Gasteiger partial charge >= 0.3 is 0 Å². The van der Waals surface area contributed by atoms with E-state index in [2.05, 4.69) is 14.8 Å². The predicted molar refractivity (Wildman–Crippen MR) is 86.5 cm³/mol. The van der Waals surface area contributed by atoms with Gasteiger partial charge < -0.3 is 9.80 Å². The van der Waals surface area contributed by atoms with Gasteiger partial charge in [-0.3, -0.25) is 4.98 Å². The van der Waals surface area contributed by atoms with Gasteiger partial charge in [-0.1, -0.05) is 0 Å². The number of nitrogens with zero attached hydrogens (tertiary/aromatic N) is 3. The molecule has 2 heterocycles. The van der Waals surface area contributed by atoms with Crippen LogP contribution in [0.5, 0.6) is 0 Å². The lowest BCUT2D eigenvalue weighted by Crippen LogP contribution is -2.46. The van der Waals surface area contributed by atoms with Crippen molar-refractivity contribution >= 4 is 21.4 Å². The molecule has 1 fully saturated rings. The summed E-state index contributed by atoms with van der Waals surface area (Å²) in [7, 11) is -3.63. The number of rotatable bonds is 3. The summed E-state index contributed by atoms with van der Waals surface area (Å²) in [6.45, 7) is 3.61. The van der Waals surface area contributed by atoms with E-state index in [0.29, 0.717) is 0 Å². The number of pyridine rings is 1. The lowest BCUT2D eigenvalue weighted by atomic mass is 10.2. The Bertz CT molecular complexity index is 724. The molecule has 7 heteroatoms. The van der Waals surface area contributed by atoms with Crippen LogP contribution in [0.1, 0.15) is 0 Å². The molecule has 2 aromatic rings. The normalized spacial score (nSPS) is 15.9. The van der Waals surface area contributed by atoms with Gasteiger partial charge in [0.05, 0.1) is 4.90 Å². The fourth-order valence-corrected chi connectivity index (χ4v) is 3.14. The van der Waals surface area contributed by atoms with Crippen LogP contribution in [-0.4, -0.2) is 39.6 Å². The van der Waals surface area contributed by atoms with E-state index in [-0.39, 0.29) is 4.90 Å². The van der Waals surface area contributed by atoms with Gasteiger partial charge in [0.25, 0.3) is 0 Å². The van der Waals surface area contributed by atoms with Gasteiger partial charge in [-0.25, -0.2) is 13.6 Å². The molecule has 0 amide bonds. The summed E-state index contributed by atoms with van der Waals surface area (Å²) in [6, 6.07) is 10.7. The Labute approximate surface area is 130 Å². The number of hydrogen-bond acceptors (Lipinski definition) is 5. The van der Waals surface area contributed by atoms with E-state index in [9.17, 15) is 8.42 Å². The minimum atomic E-state index is -3.63. The minimum absolute atomic E-state index is 0.145. The van der Waals surface area contributed by atoms with Crippen LogP contribution in [0.3, 0.4) is 0 Å². The van der Waals surface area contributed by atoms with Crippen molar-refractivity contribution in [1.29, 1.82) is 0 Å². The Morgan fingerprint density at radius 2 is 1.27 bits per heavy atom. The zero-order chi connectivity index (χ0) is 15.6. The van der Waals surface area contributed by atoms with E-state index < -0.39 is 10.0 Å². The van der Waals surface area contributed by atoms with E-state index in [0.717, 1.165) is 31.9 Å². The summed E-state index contributed by atoms with van der Waals surface area (Å²) >= 11 is 0. The first kappa shape index (κ1) is 14.8. The number of benzene rings is 1. The molecule has 0 spiro atoms. The van der Waals surface area contributed by atoms with Crippen molar-refractivity contribution in [2.24, 2.45) is 5.14 Å². The highest BCUT2D eigenvalue weighted by atomic mass is 32.2. The molecular weight excluding hydrogens is 300 g/mol. The number of anilines is 2. The quantitative estimate of drug-likeness (QED) is 0.915. The molecule has 3 rings (SSSR count). The maximum Gasteiger partial charge on any atom is 0.238 e. The van der Waals surface area contributed by atoms with Crippen LogP contribution in [0.25, 0.3) is 0 Å². The second-order valence-electron chi connectivity index (χ2n) is 5.22. The van der Waals surface area contributed by atoms with Crippen molar-refractivity contribution in [3.8, 4) is 0 Å². The number of nitrogens with two attached hydrogens (primary N) is 1. The molecule has 0 unspecified atom stereocenters. The largest absolute Gasteiger partial charge is 0.368 e. The summed E-state index contributed by atoms with van der Waals surface area (Å²) < 4.78 is 22.5. The summed E-state index contributed by atoms with van der Waals surface area (Å²) in [5, 5.41) is 5.11. The van der Waals surface area contributed by atoms with Gasteiger partial charge in [0, 0.05) is 49.9 Å². The number of piperazine rings is 1. The Kier molecular flexibility index (Phi) is 4.00. The minimum Gasteiger partial charge on any atom is -0.368 e. The van der Waals surface area contributed by atoms with Crippen LogP contribution < -0.4 is 14.9 Å². The molecule has 0 saturated carbocycles. The van der Waals surface area contributed by atoms with Crippen molar-refractivity contribution in [3.05, 3.63) is 48.8 Å². The molecule has 0 aliphatic carbocycles. The third-order valence-electron chi connectivity index (χ3n) is 3.84. The van der Waals surface area contributed by atoms with Gasteiger partial charge in [-0.15, -0.1) is 0 Å². The molecule has 116 valence electrons. The molecule has 0 radical (unpaired) electrons. The second kappa shape index (κ2) is 5.94. The van der Waals surface area contributed by atoms with E-state index >= 15 is 0 Å². The Morgan fingerprint density at radius 1 is 0.818 bits per heavy atom. The monoisotopic (exact) mass is 318 g/mol. The molecule has 1 aliphatic rings. The lowest BCUT2D eigenvalue weighted by molar-refractivity contribution is 0.597.